The Hall–Kier alpha value is -3.45. The first-order valence-corrected chi connectivity index (χ1v) is 8.78. The van der Waals surface area contributed by atoms with Crippen molar-refractivity contribution in [2.75, 3.05) is 0 Å². The molecular formula is C24H18F2O2. The number of carbonyl (C=O) groups excluding carboxylic acids is 1. The van der Waals surface area contributed by atoms with Crippen LogP contribution in [-0.4, -0.2) is 5.97 Å². The number of rotatable bonds is 5. The highest BCUT2D eigenvalue weighted by Crippen LogP contribution is 2.25. The van der Waals surface area contributed by atoms with Gasteiger partial charge in [-0.3, -0.25) is 0 Å². The SMILES string of the molecule is C#CCCc1ccc(-c2ccc(OC(=O)c3ccc(C)c(F)c3)cc2)cc1F. The van der Waals surface area contributed by atoms with Gasteiger partial charge in [-0.05, 0) is 65.9 Å². The number of hydrogen-bond acceptors (Lipinski definition) is 2. The summed E-state index contributed by atoms with van der Waals surface area (Å²) in [4.78, 5) is 12.1. The standard InChI is InChI=1S/C24H18F2O2/c1-3-4-5-18-8-9-19(14-23(18)26)17-10-12-21(13-11-17)28-24(27)20-7-6-16(2)22(25)15-20/h1,6-15H,4-5H2,2H3. The lowest BCUT2D eigenvalue weighted by atomic mass is 10.0. The van der Waals surface area contributed by atoms with Crippen LogP contribution in [-0.2, 0) is 6.42 Å². The zero-order valence-corrected chi connectivity index (χ0v) is 15.3. The molecule has 140 valence electrons. The molecule has 3 aromatic rings. The summed E-state index contributed by atoms with van der Waals surface area (Å²) >= 11 is 0. The molecule has 4 heteroatoms. The Bertz CT molecular complexity index is 1050. The van der Waals surface area contributed by atoms with Gasteiger partial charge in [-0.15, -0.1) is 12.3 Å². The Morgan fingerprint density at radius 3 is 2.32 bits per heavy atom. The van der Waals surface area contributed by atoms with Crippen LogP contribution in [0.5, 0.6) is 5.75 Å². The lowest BCUT2D eigenvalue weighted by Crippen LogP contribution is -2.09. The third-order valence-electron chi connectivity index (χ3n) is 4.40. The van der Waals surface area contributed by atoms with Crippen LogP contribution in [0.15, 0.2) is 60.7 Å². The molecular weight excluding hydrogens is 358 g/mol. The summed E-state index contributed by atoms with van der Waals surface area (Å²) in [6, 6.07) is 15.9. The van der Waals surface area contributed by atoms with Crippen LogP contribution < -0.4 is 4.74 Å². The summed E-state index contributed by atoms with van der Waals surface area (Å²) in [7, 11) is 0. The van der Waals surface area contributed by atoms with E-state index in [4.69, 9.17) is 11.2 Å². The minimum Gasteiger partial charge on any atom is -0.423 e. The fourth-order valence-electron chi connectivity index (χ4n) is 2.74. The van der Waals surface area contributed by atoms with Crippen LogP contribution in [0.3, 0.4) is 0 Å². The summed E-state index contributed by atoms with van der Waals surface area (Å²) in [6.45, 7) is 1.62. The Balaban J connectivity index is 1.73. The molecule has 0 aromatic heterocycles. The van der Waals surface area contributed by atoms with Crippen molar-refractivity contribution in [1.29, 1.82) is 0 Å². The lowest BCUT2D eigenvalue weighted by Gasteiger charge is -2.08. The molecule has 0 atom stereocenters. The molecule has 0 heterocycles. The van der Waals surface area contributed by atoms with E-state index in [0.29, 0.717) is 35.3 Å². The highest BCUT2D eigenvalue weighted by Gasteiger charge is 2.11. The van der Waals surface area contributed by atoms with Crippen LogP contribution in [0.2, 0.25) is 0 Å². The van der Waals surface area contributed by atoms with E-state index in [9.17, 15) is 13.6 Å². The summed E-state index contributed by atoms with van der Waals surface area (Å²) < 4.78 is 33.1. The average Bonchev–Trinajstić information content (AvgIpc) is 2.69. The number of halogens is 2. The second-order valence-corrected chi connectivity index (χ2v) is 6.39. The minimum absolute atomic E-state index is 0.136. The second kappa shape index (κ2) is 8.49. The fourth-order valence-corrected chi connectivity index (χ4v) is 2.74. The topological polar surface area (TPSA) is 26.3 Å². The number of hydrogen-bond donors (Lipinski definition) is 0. The molecule has 0 saturated carbocycles. The molecule has 2 nitrogen and oxygen atoms in total. The van der Waals surface area contributed by atoms with Crippen LogP contribution in [0, 0.1) is 30.9 Å². The van der Waals surface area contributed by atoms with Gasteiger partial charge in [-0.2, -0.15) is 0 Å². The molecule has 0 radical (unpaired) electrons. The summed E-state index contributed by atoms with van der Waals surface area (Å²) in [5.74, 6) is 1.42. The van der Waals surface area contributed by atoms with Crippen molar-refractivity contribution in [3.8, 4) is 29.2 Å². The molecule has 28 heavy (non-hydrogen) atoms. The molecule has 0 fully saturated rings. The van der Waals surface area contributed by atoms with E-state index < -0.39 is 11.8 Å². The van der Waals surface area contributed by atoms with Crippen molar-refractivity contribution in [2.45, 2.75) is 19.8 Å². The van der Waals surface area contributed by atoms with E-state index in [-0.39, 0.29) is 11.4 Å². The van der Waals surface area contributed by atoms with Gasteiger partial charge in [0.2, 0.25) is 0 Å². The van der Waals surface area contributed by atoms with Gasteiger partial charge in [0.05, 0.1) is 5.56 Å². The molecule has 0 aliphatic rings. The van der Waals surface area contributed by atoms with Crippen molar-refractivity contribution in [3.05, 3.63) is 89.0 Å². The Morgan fingerprint density at radius 1 is 0.964 bits per heavy atom. The Morgan fingerprint density at radius 2 is 1.68 bits per heavy atom. The van der Waals surface area contributed by atoms with Crippen molar-refractivity contribution < 1.29 is 18.3 Å². The molecule has 0 aliphatic heterocycles. The van der Waals surface area contributed by atoms with Crippen LogP contribution in [0.25, 0.3) is 11.1 Å². The first-order chi connectivity index (χ1) is 13.5. The lowest BCUT2D eigenvalue weighted by molar-refractivity contribution is 0.0734. The normalized spacial score (nSPS) is 10.4. The zero-order chi connectivity index (χ0) is 20.1. The van der Waals surface area contributed by atoms with Gasteiger partial charge in [-0.1, -0.05) is 30.3 Å². The highest BCUT2D eigenvalue weighted by molar-refractivity contribution is 5.91. The summed E-state index contributed by atoms with van der Waals surface area (Å²) in [6.07, 6.45) is 6.20. The van der Waals surface area contributed by atoms with Crippen LogP contribution in [0.4, 0.5) is 8.78 Å². The van der Waals surface area contributed by atoms with E-state index in [0.717, 1.165) is 11.6 Å². The first kappa shape index (κ1) is 19.3. The molecule has 0 unspecified atom stereocenters. The minimum atomic E-state index is -0.643. The largest absolute Gasteiger partial charge is 0.423 e. The van der Waals surface area contributed by atoms with E-state index in [1.165, 1.54) is 18.2 Å². The molecule has 0 saturated heterocycles. The first-order valence-electron chi connectivity index (χ1n) is 8.78. The third kappa shape index (κ3) is 4.44. The van der Waals surface area contributed by atoms with E-state index >= 15 is 0 Å². The predicted molar refractivity (Wildman–Crippen MR) is 105 cm³/mol. The molecule has 0 N–H and O–H groups in total. The fraction of sp³-hybridized carbons (Fsp3) is 0.125. The Kier molecular flexibility index (Phi) is 5.86. The van der Waals surface area contributed by atoms with Crippen molar-refractivity contribution in [3.63, 3.8) is 0 Å². The Labute approximate surface area is 162 Å². The number of esters is 1. The molecule has 0 amide bonds. The smallest absolute Gasteiger partial charge is 0.343 e. The maximum absolute atomic E-state index is 14.2. The van der Waals surface area contributed by atoms with E-state index in [2.05, 4.69) is 5.92 Å². The van der Waals surface area contributed by atoms with Crippen LogP contribution >= 0.6 is 0 Å². The van der Waals surface area contributed by atoms with Gasteiger partial charge in [0.25, 0.3) is 0 Å². The maximum atomic E-state index is 14.2. The van der Waals surface area contributed by atoms with Gasteiger partial charge in [0.15, 0.2) is 0 Å². The average molecular weight is 376 g/mol. The highest BCUT2D eigenvalue weighted by atomic mass is 19.1. The molecule has 3 aromatic carbocycles. The van der Waals surface area contributed by atoms with Gasteiger partial charge >= 0.3 is 5.97 Å². The van der Waals surface area contributed by atoms with Crippen LogP contribution in [0.1, 0.15) is 27.9 Å². The predicted octanol–water partition coefficient (Wildman–Crippen LogP) is 5.73. The number of carbonyl (C=O) groups is 1. The number of aryl methyl sites for hydroxylation is 2. The van der Waals surface area contributed by atoms with Gasteiger partial charge in [0, 0.05) is 6.42 Å². The van der Waals surface area contributed by atoms with E-state index in [1.807, 2.05) is 6.07 Å². The summed E-state index contributed by atoms with van der Waals surface area (Å²) in [5.41, 5.74) is 2.66. The molecule has 3 rings (SSSR count). The van der Waals surface area contributed by atoms with Crippen molar-refractivity contribution in [2.24, 2.45) is 0 Å². The van der Waals surface area contributed by atoms with Gasteiger partial charge < -0.3 is 4.74 Å². The molecule has 0 spiro atoms. The number of benzene rings is 3. The van der Waals surface area contributed by atoms with E-state index in [1.54, 1.807) is 37.3 Å². The van der Waals surface area contributed by atoms with Gasteiger partial charge in [-0.25, -0.2) is 13.6 Å². The molecule has 0 bridgehead atoms. The van der Waals surface area contributed by atoms with Gasteiger partial charge in [0.1, 0.15) is 17.4 Å². The quantitative estimate of drug-likeness (QED) is 0.323. The number of ether oxygens (including phenoxy) is 1. The van der Waals surface area contributed by atoms with Crippen molar-refractivity contribution >= 4 is 5.97 Å². The zero-order valence-electron chi connectivity index (χ0n) is 15.3. The third-order valence-corrected chi connectivity index (χ3v) is 4.40. The van der Waals surface area contributed by atoms with Crippen molar-refractivity contribution in [1.82, 2.24) is 0 Å². The maximum Gasteiger partial charge on any atom is 0.343 e. The number of terminal acetylenes is 1. The summed E-state index contributed by atoms with van der Waals surface area (Å²) in [5, 5.41) is 0. The monoisotopic (exact) mass is 376 g/mol. The second-order valence-electron chi connectivity index (χ2n) is 6.39. The molecule has 0 aliphatic carbocycles.